The summed E-state index contributed by atoms with van der Waals surface area (Å²) in [5, 5.41) is 10.8. The predicted molar refractivity (Wildman–Crippen MR) is 78.1 cm³/mol. The van der Waals surface area contributed by atoms with Crippen molar-refractivity contribution in [3.05, 3.63) is 33.9 Å². The fourth-order valence-electron chi connectivity index (χ4n) is 2.51. The number of amides is 1. The molecule has 1 aromatic carbocycles. The molecule has 7 heteroatoms. The third-order valence-electron chi connectivity index (χ3n) is 3.55. The van der Waals surface area contributed by atoms with Crippen molar-refractivity contribution in [2.75, 3.05) is 25.4 Å². The number of hydrogen-bond acceptors (Lipinski definition) is 5. The lowest BCUT2D eigenvalue weighted by atomic mass is 10.1. The van der Waals surface area contributed by atoms with Gasteiger partial charge in [-0.2, -0.15) is 0 Å². The number of carbonyl (C=O) groups excluding carboxylic acids is 1. The van der Waals surface area contributed by atoms with Gasteiger partial charge in [0.05, 0.1) is 16.6 Å². The van der Waals surface area contributed by atoms with Crippen LogP contribution in [0.1, 0.15) is 30.1 Å². The molecule has 1 aliphatic heterocycles. The van der Waals surface area contributed by atoms with Crippen LogP contribution in [0.2, 0.25) is 0 Å². The fourth-order valence-corrected chi connectivity index (χ4v) is 2.51. The molecule has 1 saturated heterocycles. The van der Waals surface area contributed by atoms with E-state index in [2.05, 4.69) is 0 Å². The number of nitro groups is 1. The molecule has 0 spiro atoms. The van der Waals surface area contributed by atoms with E-state index in [-0.39, 0.29) is 28.9 Å². The predicted octanol–water partition coefficient (Wildman–Crippen LogP) is 1.82. The van der Waals surface area contributed by atoms with E-state index in [1.54, 1.807) is 4.90 Å². The highest BCUT2D eigenvalue weighted by Gasteiger charge is 2.26. The zero-order chi connectivity index (χ0) is 15.4. The molecule has 1 aliphatic rings. The monoisotopic (exact) mass is 293 g/mol. The van der Waals surface area contributed by atoms with Gasteiger partial charge >= 0.3 is 0 Å². The Morgan fingerprint density at radius 3 is 3.00 bits per heavy atom. The van der Waals surface area contributed by atoms with Crippen molar-refractivity contribution < 1.29 is 14.5 Å². The van der Waals surface area contributed by atoms with Gasteiger partial charge in [0.1, 0.15) is 0 Å². The van der Waals surface area contributed by atoms with E-state index in [1.807, 2.05) is 6.92 Å². The summed E-state index contributed by atoms with van der Waals surface area (Å²) in [5.74, 6) is -0.277. The number of nitrogen functional groups attached to an aromatic ring is 1. The van der Waals surface area contributed by atoms with Crippen LogP contribution in [0.5, 0.6) is 0 Å². The molecular formula is C14H19N3O4. The van der Waals surface area contributed by atoms with Crippen LogP contribution in [-0.4, -0.2) is 41.5 Å². The van der Waals surface area contributed by atoms with Gasteiger partial charge in [-0.3, -0.25) is 14.9 Å². The topological polar surface area (TPSA) is 98.7 Å². The summed E-state index contributed by atoms with van der Waals surface area (Å²) in [6.45, 7) is 3.63. The third kappa shape index (κ3) is 3.49. The van der Waals surface area contributed by atoms with Gasteiger partial charge in [0.25, 0.3) is 11.6 Å². The van der Waals surface area contributed by atoms with Gasteiger partial charge in [0, 0.05) is 37.5 Å². The molecule has 21 heavy (non-hydrogen) atoms. The molecule has 7 nitrogen and oxygen atoms in total. The Bertz CT molecular complexity index is 545. The molecule has 114 valence electrons. The number of benzene rings is 1. The van der Waals surface area contributed by atoms with Crippen LogP contribution in [0.25, 0.3) is 0 Å². The van der Waals surface area contributed by atoms with Crippen LogP contribution in [0.4, 0.5) is 11.4 Å². The molecule has 1 unspecified atom stereocenters. The number of nitrogens with zero attached hydrogens (tertiary/aromatic N) is 2. The first-order chi connectivity index (χ1) is 10.0. The number of hydrogen-bond donors (Lipinski definition) is 1. The summed E-state index contributed by atoms with van der Waals surface area (Å²) in [4.78, 5) is 24.5. The normalized spacial score (nSPS) is 18.5. The van der Waals surface area contributed by atoms with Crippen molar-refractivity contribution in [1.82, 2.24) is 4.90 Å². The molecule has 1 amide bonds. The maximum absolute atomic E-state index is 12.5. The lowest BCUT2D eigenvalue weighted by Crippen LogP contribution is -2.43. The number of ether oxygens (including phenoxy) is 1. The van der Waals surface area contributed by atoms with E-state index in [0.717, 1.165) is 12.8 Å². The van der Waals surface area contributed by atoms with Crippen LogP contribution in [0, 0.1) is 10.1 Å². The van der Waals surface area contributed by atoms with Gasteiger partial charge in [-0.15, -0.1) is 0 Å². The number of non-ortho nitro benzene ring substituents is 1. The molecule has 1 atom stereocenters. The molecule has 0 aliphatic carbocycles. The third-order valence-corrected chi connectivity index (χ3v) is 3.55. The summed E-state index contributed by atoms with van der Waals surface area (Å²) in [5.41, 5.74) is 6.09. The van der Waals surface area contributed by atoms with Crippen molar-refractivity contribution in [3.63, 3.8) is 0 Å². The second kappa shape index (κ2) is 6.53. The Morgan fingerprint density at radius 1 is 1.57 bits per heavy atom. The molecule has 2 rings (SSSR count). The second-order valence-electron chi connectivity index (χ2n) is 5.00. The molecule has 1 fully saturated rings. The summed E-state index contributed by atoms with van der Waals surface area (Å²) in [7, 11) is 0. The highest BCUT2D eigenvalue weighted by molar-refractivity contribution is 5.99. The maximum Gasteiger partial charge on any atom is 0.270 e. The summed E-state index contributed by atoms with van der Waals surface area (Å²) < 4.78 is 5.56. The van der Waals surface area contributed by atoms with Gasteiger partial charge in [-0.25, -0.2) is 0 Å². The molecule has 0 bridgehead atoms. The van der Waals surface area contributed by atoms with Gasteiger partial charge in [0.15, 0.2) is 0 Å². The number of likely N-dealkylation sites (tertiary alicyclic amines) is 1. The highest BCUT2D eigenvalue weighted by atomic mass is 16.6. The first kappa shape index (κ1) is 15.2. The highest BCUT2D eigenvalue weighted by Crippen LogP contribution is 2.23. The zero-order valence-corrected chi connectivity index (χ0v) is 11.9. The smallest absolute Gasteiger partial charge is 0.270 e. The molecule has 1 heterocycles. The van der Waals surface area contributed by atoms with Crippen molar-refractivity contribution >= 4 is 17.3 Å². The number of piperidine rings is 1. The summed E-state index contributed by atoms with van der Waals surface area (Å²) >= 11 is 0. The van der Waals surface area contributed by atoms with E-state index in [9.17, 15) is 14.9 Å². The van der Waals surface area contributed by atoms with Gasteiger partial charge in [0.2, 0.25) is 0 Å². The Morgan fingerprint density at radius 2 is 2.33 bits per heavy atom. The molecular weight excluding hydrogens is 274 g/mol. The van der Waals surface area contributed by atoms with Gasteiger partial charge in [-0.05, 0) is 25.8 Å². The molecule has 2 N–H and O–H groups in total. The number of rotatable bonds is 4. The van der Waals surface area contributed by atoms with E-state index in [0.29, 0.717) is 19.7 Å². The lowest BCUT2D eigenvalue weighted by molar-refractivity contribution is -0.384. The van der Waals surface area contributed by atoms with Crippen LogP contribution in [0.15, 0.2) is 18.2 Å². The van der Waals surface area contributed by atoms with Crippen LogP contribution < -0.4 is 5.73 Å². The lowest BCUT2D eigenvalue weighted by Gasteiger charge is -2.32. The van der Waals surface area contributed by atoms with Crippen molar-refractivity contribution in [2.24, 2.45) is 0 Å². The van der Waals surface area contributed by atoms with E-state index >= 15 is 0 Å². The number of nitrogens with two attached hydrogens (primary N) is 1. The Balaban J connectivity index is 2.19. The van der Waals surface area contributed by atoms with Gasteiger partial charge in [-0.1, -0.05) is 0 Å². The fraction of sp³-hybridized carbons (Fsp3) is 0.500. The SMILES string of the molecule is CCOC1CCCN(C(=O)c2cc([N+](=O)[O-])ccc2N)C1. The molecule has 1 aromatic rings. The Kier molecular flexibility index (Phi) is 4.74. The number of carbonyl (C=O) groups is 1. The van der Waals surface area contributed by atoms with Gasteiger partial charge < -0.3 is 15.4 Å². The standard InChI is InChI=1S/C14H19N3O4/c1-2-21-11-4-3-7-16(9-11)14(18)12-8-10(17(19)20)5-6-13(12)15/h5-6,8,11H,2-4,7,9,15H2,1H3. The number of nitro benzene ring substituents is 1. The van der Waals surface area contributed by atoms with Crippen molar-refractivity contribution in [3.8, 4) is 0 Å². The average Bonchev–Trinajstić information content (AvgIpc) is 2.47. The Labute approximate surface area is 122 Å². The first-order valence-electron chi connectivity index (χ1n) is 6.97. The Hall–Kier alpha value is -2.15. The van der Waals surface area contributed by atoms with Crippen molar-refractivity contribution in [2.45, 2.75) is 25.9 Å². The minimum absolute atomic E-state index is 0.0209. The van der Waals surface area contributed by atoms with E-state index in [1.165, 1.54) is 18.2 Å². The molecule has 0 aromatic heterocycles. The van der Waals surface area contributed by atoms with Crippen LogP contribution >= 0.6 is 0 Å². The average molecular weight is 293 g/mol. The van der Waals surface area contributed by atoms with E-state index < -0.39 is 4.92 Å². The minimum Gasteiger partial charge on any atom is -0.398 e. The zero-order valence-electron chi connectivity index (χ0n) is 11.9. The largest absolute Gasteiger partial charge is 0.398 e. The van der Waals surface area contributed by atoms with Crippen LogP contribution in [0.3, 0.4) is 0 Å². The maximum atomic E-state index is 12.5. The van der Waals surface area contributed by atoms with E-state index in [4.69, 9.17) is 10.5 Å². The van der Waals surface area contributed by atoms with Crippen LogP contribution in [-0.2, 0) is 4.74 Å². The minimum atomic E-state index is -0.532. The number of anilines is 1. The quantitative estimate of drug-likeness (QED) is 0.518. The first-order valence-corrected chi connectivity index (χ1v) is 6.97. The summed E-state index contributed by atoms with van der Waals surface area (Å²) in [6, 6.07) is 3.93. The summed E-state index contributed by atoms with van der Waals surface area (Å²) in [6.07, 6.45) is 1.79. The van der Waals surface area contributed by atoms with Crippen molar-refractivity contribution in [1.29, 1.82) is 0 Å². The second-order valence-corrected chi connectivity index (χ2v) is 5.00. The molecule has 0 saturated carbocycles. The molecule has 0 radical (unpaired) electrons.